The zero-order valence-corrected chi connectivity index (χ0v) is 16.1. The van der Waals surface area contributed by atoms with Gasteiger partial charge >= 0.3 is 0 Å². The highest BCUT2D eigenvalue weighted by molar-refractivity contribution is 7.89. The van der Waals surface area contributed by atoms with Gasteiger partial charge in [-0.3, -0.25) is 0 Å². The second-order valence-corrected chi connectivity index (χ2v) is 8.45. The summed E-state index contributed by atoms with van der Waals surface area (Å²) in [5.74, 6) is 0. The van der Waals surface area contributed by atoms with Gasteiger partial charge in [0, 0.05) is 6.54 Å². The first-order chi connectivity index (χ1) is 11.2. The first kappa shape index (κ1) is 19.2. The van der Waals surface area contributed by atoms with E-state index in [0.717, 1.165) is 11.1 Å². The van der Waals surface area contributed by atoms with Crippen LogP contribution in [-0.4, -0.2) is 34.0 Å². The molecule has 0 amide bonds. The number of nitrogens with one attached hydrogen (secondary N) is 1. The monoisotopic (exact) mass is 386 g/mol. The highest BCUT2D eigenvalue weighted by atomic mass is 35.5. The van der Waals surface area contributed by atoms with Crippen molar-refractivity contribution in [2.45, 2.75) is 17.9 Å². The molecule has 0 radical (unpaired) electrons. The molecule has 0 aromatic heterocycles. The summed E-state index contributed by atoms with van der Waals surface area (Å²) in [6, 6.07) is 11.4. The number of sulfonamides is 1. The topological polar surface area (TPSA) is 49.4 Å². The SMILES string of the molecule is Cc1ccc(S(=O)(=O)N[C@@H](CN(C)C)c2ccc(Cl)c(Cl)c2)cc1. The lowest BCUT2D eigenvalue weighted by Gasteiger charge is -2.23. The van der Waals surface area contributed by atoms with E-state index in [0.29, 0.717) is 16.6 Å². The number of halogens is 2. The Morgan fingerprint density at radius 2 is 1.67 bits per heavy atom. The Hall–Kier alpha value is -1.11. The number of benzene rings is 2. The predicted molar refractivity (Wildman–Crippen MR) is 99.3 cm³/mol. The zero-order chi connectivity index (χ0) is 17.9. The highest BCUT2D eigenvalue weighted by Gasteiger charge is 2.22. The molecule has 2 aromatic rings. The number of rotatable bonds is 6. The summed E-state index contributed by atoms with van der Waals surface area (Å²) in [5.41, 5.74) is 1.76. The van der Waals surface area contributed by atoms with E-state index in [2.05, 4.69) is 4.72 Å². The molecular formula is C17H20Cl2N2O2S. The van der Waals surface area contributed by atoms with Crippen LogP contribution in [0.15, 0.2) is 47.4 Å². The van der Waals surface area contributed by atoms with Gasteiger partial charge in [0.25, 0.3) is 0 Å². The molecule has 0 bridgehead atoms. The first-order valence-corrected chi connectivity index (χ1v) is 9.61. The predicted octanol–water partition coefficient (Wildman–Crippen LogP) is 3.88. The fraction of sp³-hybridized carbons (Fsp3) is 0.294. The molecule has 0 aliphatic carbocycles. The van der Waals surface area contributed by atoms with E-state index >= 15 is 0 Å². The van der Waals surface area contributed by atoms with Crippen LogP contribution in [0.1, 0.15) is 17.2 Å². The molecule has 7 heteroatoms. The van der Waals surface area contributed by atoms with Crippen molar-refractivity contribution in [1.29, 1.82) is 0 Å². The Kier molecular flexibility index (Phi) is 6.28. The molecule has 0 aliphatic heterocycles. The third-order valence-electron chi connectivity index (χ3n) is 3.52. The molecule has 2 rings (SSSR count). The molecule has 0 spiro atoms. The number of hydrogen-bond donors (Lipinski definition) is 1. The van der Waals surface area contributed by atoms with Crippen LogP contribution in [0.4, 0.5) is 0 Å². The zero-order valence-electron chi connectivity index (χ0n) is 13.8. The summed E-state index contributed by atoms with van der Waals surface area (Å²) in [5, 5.41) is 0.831. The third kappa shape index (κ3) is 4.94. The van der Waals surface area contributed by atoms with E-state index in [-0.39, 0.29) is 4.90 Å². The Bertz CT molecular complexity index is 806. The molecular weight excluding hydrogens is 367 g/mol. The molecule has 1 atom stereocenters. The largest absolute Gasteiger partial charge is 0.307 e. The van der Waals surface area contributed by atoms with Crippen LogP contribution in [0.2, 0.25) is 10.0 Å². The van der Waals surface area contributed by atoms with Crippen LogP contribution < -0.4 is 4.72 Å². The number of nitrogens with zero attached hydrogens (tertiary/aromatic N) is 1. The maximum absolute atomic E-state index is 12.7. The standard InChI is InChI=1S/C17H20Cl2N2O2S/c1-12-4-7-14(8-5-12)24(22,23)20-17(11-21(2)3)13-6-9-15(18)16(19)10-13/h4-10,17,20H,11H2,1-3H3/t17-/m0/s1. The minimum absolute atomic E-state index is 0.233. The second-order valence-electron chi connectivity index (χ2n) is 5.92. The van der Waals surface area contributed by atoms with Gasteiger partial charge in [-0.2, -0.15) is 0 Å². The summed E-state index contributed by atoms with van der Waals surface area (Å²) < 4.78 is 28.1. The molecule has 0 fully saturated rings. The molecule has 4 nitrogen and oxygen atoms in total. The van der Waals surface area contributed by atoms with Crippen molar-refractivity contribution in [3.05, 3.63) is 63.6 Å². The van der Waals surface area contributed by atoms with E-state index < -0.39 is 16.1 Å². The lowest BCUT2D eigenvalue weighted by atomic mass is 10.1. The fourth-order valence-corrected chi connectivity index (χ4v) is 3.80. The Labute approximate surface area is 153 Å². The second kappa shape index (κ2) is 7.85. The van der Waals surface area contributed by atoms with Crippen molar-refractivity contribution in [2.24, 2.45) is 0 Å². The maximum atomic E-state index is 12.7. The minimum atomic E-state index is -3.65. The van der Waals surface area contributed by atoms with Gasteiger partial charge in [0.05, 0.1) is 21.0 Å². The average molecular weight is 387 g/mol. The molecule has 130 valence electrons. The van der Waals surface area contributed by atoms with Gasteiger partial charge in [-0.25, -0.2) is 13.1 Å². The Morgan fingerprint density at radius 3 is 2.21 bits per heavy atom. The van der Waals surface area contributed by atoms with Crippen molar-refractivity contribution in [1.82, 2.24) is 9.62 Å². The normalized spacial score (nSPS) is 13.2. The molecule has 0 saturated carbocycles. The lowest BCUT2D eigenvalue weighted by Crippen LogP contribution is -2.35. The van der Waals surface area contributed by atoms with Crippen molar-refractivity contribution < 1.29 is 8.42 Å². The maximum Gasteiger partial charge on any atom is 0.241 e. The highest BCUT2D eigenvalue weighted by Crippen LogP contribution is 2.27. The lowest BCUT2D eigenvalue weighted by molar-refractivity contribution is 0.363. The number of hydrogen-bond acceptors (Lipinski definition) is 3. The fourth-order valence-electron chi connectivity index (χ4n) is 2.28. The van der Waals surface area contributed by atoms with Gasteiger partial charge in [0.15, 0.2) is 0 Å². The van der Waals surface area contributed by atoms with Gasteiger partial charge in [0.2, 0.25) is 10.0 Å². The van der Waals surface area contributed by atoms with Crippen LogP contribution >= 0.6 is 23.2 Å². The van der Waals surface area contributed by atoms with Crippen LogP contribution in [-0.2, 0) is 10.0 Å². The molecule has 0 saturated heterocycles. The summed E-state index contributed by atoms with van der Waals surface area (Å²) in [7, 11) is 0.114. The van der Waals surface area contributed by atoms with E-state index in [1.54, 1.807) is 42.5 Å². The quantitative estimate of drug-likeness (QED) is 0.818. The van der Waals surface area contributed by atoms with E-state index in [4.69, 9.17) is 23.2 Å². The summed E-state index contributed by atoms with van der Waals surface area (Å²) in [4.78, 5) is 2.14. The number of aryl methyl sites for hydroxylation is 1. The van der Waals surface area contributed by atoms with Crippen LogP contribution in [0.25, 0.3) is 0 Å². The van der Waals surface area contributed by atoms with Crippen molar-refractivity contribution in [2.75, 3.05) is 20.6 Å². The molecule has 1 N–H and O–H groups in total. The average Bonchev–Trinajstić information content (AvgIpc) is 2.49. The summed E-state index contributed by atoms with van der Waals surface area (Å²) >= 11 is 12.0. The smallest absolute Gasteiger partial charge is 0.241 e. The van der Waals surface area contributed by atoms with Gasteiger partial charge in [0.1, 0.15) is 0 Å². The number of likely N-dealkylation sites (N-methyl/N-ethyl adjacent to an activating group) is 1. The van der Waals surface area contributed by atoms with E-state index in [1.807, 2.05) is 25.9 Å². The van der Waals surface area contributed by atoms with Crippen LogP contribution in [0, 0.1) is 6.92 Å². The van der Waals surface area contributed by atoms with Gasteiger partial charge < -0.3 is 4.90 Å². The molecule has 0 heterocycles. The van der Waals surface area contributed by atoms with E-state index in [1.165, 1.54) is 0 Å². The molecule has 2 aromatic carbocycles. The van der Waals surface area contributed by atoms with Crippen LogP contribution in [0.5, 0.6) is 0 Å². The van der Waals surface area contributed by atoms with Crippen molar-refractivity contribution in [3.63, 3.8) is 0 Å². The van der Waals surface area contributed by atoms with Crippen LogP contribution in [0.3, 0.4) is 0 Å². The Morgan fingerprint density at radius 1 is 1.04 bits per heavy atom. The molecule has 0 unspecified atom stereocenters. The summed E-state index contributed by atoms with van der Waals surface area (Å²) in [6.45, 7) is 2.40. The van der Waals surface area contributed by atoms with Gasteiger partial charge in [-0.05, 0) is 50.8 Å². The Balaban J connectivity index is 2.34. The van der Waals surface area contributed by atoms with Gasteiger partial charge in [-0.15, -0.1) is 0 Å². The van der Waals surface area contributed by atoms with Crippen molar-refractivity contribution >= 4 is 33.2 Å². The van der Waals surface area contributed by atoms with E-state index in [9.17, 15) is 8.42 Å². The minimum Gasteiger partial charge on any atom is -0.307 e. The first-order valence-electron chi connectivity index (χ1n) is 7.38. The van der Waals surface area contributed by atoms with Crippen molar-refractivity contribution in [3.8, 4) is 0 Å². The summed E-state index contributed by atoms with van der Waals surface area (Å²) in [6.07, 6.45) is 0. The van der Waals surface area contributed by atoms with Gasteiger partial charge in [-0.1, -0.05) is 47.0 Å². The molecule has 24 heavy (non-hydrogen) atoms. The third-order valence-corrected chi connectivity index (χ3v) is 5.75. The molecule has 0 aliphatic rings.